The lowest BCUT2D eigenvalue weighted by Gasteiger charge is -2.34. The highest BCUT2D eigenvalue weighted by atomic mass is 16.5. The van der Waals surface area contributed by atoms with Crippen molar-refractivity contribution < 1.29 is 68.0 Å². The van der Waals surface area contributed by atoms with Crippen LogP contribution < -0.4 is 28.4 Å². The number of carboxylic acids is 4. The van der Waals surface area contributed by atoms with Gasteiger partial charge in [0.2, 0.25) is 11.5 Å². The molecule has 4 aromatic rings. The van der Waals surface area contributed by atoms with Gasteiger partial charge in [0.25, 0.3) is 0 Å². The Morgan fingerprint density at radius 3 is 1.05 bits per heavy atom. The number of ether oxygens (including phenoxy) is 6. The number of hydrogen-bond acceptors (Lipinski definition) is 14. The molecule has 0 unspecified atom stereocenters. The largest absolute Gasteiger partial charge is 0.493 e. The summed E-state index contributed by atoms with van der Waals surface area (Å²) in [6.45, 7) is 6.61. The van der Waals surface area contributed by atoms with Gasteiger partial charge in [0.15, 0.2) is 23.0 Å². The molecule has 4 N–H and O–H groups in total. The Kier molecular flexibility index (Phi) is 21.6. The van der Waals surface area contributed by atoms with E-state index in [1.165, 1.54) is 11.1 Å². The van der Waals surface area contributed by atoms with E-state index in [-0.39, 0.29) is 0 Å². The van der Waals surface area contributed by atoms with E-state index in [2.05, 4.69) is 44.0 Å². The van der Waals surface area contributed by atoms with E-state index in [1.54, 1.807) is 42.7 Å². The Morgan fingerprint density at radius 2 is 0.797 bits per heavy atom. The maximum absolute atomic E-state index is 9.55. The first-order valence-electron chi connectivity index (χ1n) is 20.0. The number of carbonyl (C=O) groups is 4. The molecule has 5 rings (SSSR count). The Morgan fingerprint density at radius 1 is 0.500 bits per heavy atom. The molecule has 1 saturated heterocycles. The first kappa shape index (κ1) is 51.2. The first-order valence-corrected chi connectivity index (χ1v) is 20.0. The van der Waals surface area contributed by atoms with Crippen LogP contribution in [-0.4, -0.2) is 146 Å². The normalized spacial score (nSPS) is 12.6. The average Bonchev–Trinajstić information content (AvgIpc) is 3.30. The van der Waals surface area contributed by atoms with Crippen LogP contribution in [0, 0.1) is 0 Å². The molecule has 0 saturated carbocycles. The molecule has 18 heteroatoms. The monoisotopic (exact) mass is 888 g/mol. The van der Waals surface area contributed by atoms with Crippen LogP contribution in [0.5, 0.6) is 34.5 Å². The van der Waals surface area contributed by atoms with E-state index < -0.39 is 23.9 Å². The molecule has 1 aliphatic rings. The summed E-state index contributed by atoms with van der Waals surface area (Å²) < 4.78 is 33.1. The van der Waals surface area contributed by atoms with Crippen molar-refractivity contribution >= 4 is 23.9 Å². The van der Waals surface area contributed by atoms with Crippen LogP contribution in [0.3, 0.4) is 0 Å². The third-order valence-electron chi connectivity index (χ3n) is 9.65. The number of aryl methyl sites for hydroxylation is 2. The topological polar surface area (TPSA) is 237 Å². The smallest absolute Gasteiger partial charge is 0.328 e. The Balaban J connectivity index is 0.000000577. The lowest BCUT2D eigenvalue weighted by molar-refractivity contribution is -0.134. The predicted octanol–water partition coefficient (Wildman–Crippen LogP) is 5.47. The molecular weight excluding hydrogens is 833 g/mol. The molecule has 0 radical (unpaired) electrons. The SMILES string of the molecule is COc1cc(-c2cc(CCCN3CCN(CCCc4ccnc(-c5cc(OC)c(OC)c(OC)c5)c4)CC3)ccn2)cc(OC)c1OC.O=C(O)C=CC(=O)O.O=C(O)C=CC(=O)O. The molecule has 64 heavy (non-hydrogen) atoms. The molecule has 1 aliphatic heterocycles. The number of hydrogen-bond donors (Lipinski definition) is 4. The Bertz CT molecular complexity index is 1980. The van der Waals surface area contributed by atoms with Crippen molar-refractivity contribution in [1.82, 2.24) is 19.8 Å². The molecule has 3 heterocycles. The standard InChI is InChI=1S/C38H48N4O6.2C4H4O4/c1-43-33-23-29(24-34(44-2)37(33)47-5)31-21-27(11-13-39-31)9-7-15-41-17-19-42(20-18-41)16-8-10-28-12-14-40-32(22-28)30-25-35(45-3)38(48-6)36(26-30)46-4;2*5-3(6)1-2-4(7)8/h11-14,21-26H,7-10,15-20H2,1-6H3;2*1-2H,(H,5,6)(H,7,8). The van der Waals surface area contributed by atoms with E-state index in [0.29, 0.717) is 58.8 Å². The maximum atomic E-state index is 9.55. The molecule has 1 fully saturated rings. The summed E-state index contributed by atoms with van der Waals surface area (Å²) in [7, 11) is 9.73. The molecule has 2 aromatic heterocycles. The van der Waals surface area contributed by atoms with Crippen LogP contribution in [0.2, 0.25) is 0 Å². The minimum atomic E-state index is -1.26. The molecule has 18 nitrogen and oxygen atoms in total. The van der Waals surface area contributed by atoms with Crippen LogP contribution in [0.1, 0.15) is 24.0 Å². The number of carboxylic acid groups (broad SMARTS) is 4. The van der Waals surface area contributed by atoms with Gasteiger partial charge in [-0.3, -0.25) is 9.97 Å². The molecule has 0 bridgehead atoms. The second kappa shape index (κ2) is 27.0. The van der Waals surface area contributed by atoms with E-state index in [0.717, 1.165) is 87.5 Å². The molecule has 0 spiro atoms. The van der Waals surface area contributed by atoms with Gasteiger partial charge in [-0.25, -0.2) is 19.2 Å². The van der Waals surface area contributed by atoms with Crippen LogP contribution in [0.15, 0.2) is 85.2 Å². The number of benzene rings is 2. The minimum Gasteiger partial charge on any atom is -0.493 e. The highest BCUT2D eigenvalue weighted by Gasteiger charge is 2.18. The summed E-state index contributed by atoms with van der Waals surface area (Å²) in [5.74, 6) is -1.38. The number of aliphatic carboxylic acids is 4. The number of methoxy groups -OCH3 is 6. The van der Waals surface area contributed by atoms with Crippen molar-refractivity contribution in [2.75, 3.05) is 81.9 Å². The molecule has 0 atom stereocenters. The first-order chi connectivity index (χ1) is 30.7. The number of pyridine rings is 2. The number of piperazine rings is 1. The molecule has 0 amide bonds. The fourth-order valence-corrected chi connectivity index (χ4v) is 6.57. The summed E-state index contributed by atoms with van der Waals surface area (Å²) in [6.07, 6.45) is 10.2. The van der Waals surface area contributed by atoms with Crippen LogP contribution in [0.4, 0.5) is 0 Å². The van der Waals surface area contributed by atoms with Gasteiger partial charge in [-0.1, -0.05) is 0 Å². The van der Waals surface area contributed by atoms with Crippen LogP contribution >= 0.6 is 0 Å². The summed E-state index contributed by atoms with van der Waals surface area (Å²) >= 11 is 0. The van der Waals surface area contributed by atoms with Crippen molar-refractivity contribution in [3.05, 3.63) is 96.4 Å². The van der Waals surface area contributed by atoms with Crippen molar-refractivity contribution in [2.45, 2.75) is 25.7 Å². The number of nitrogens with zero attached hydrogens (tertiary/aromatic N) is 4. The Labute approximate surface area is 371 Å². The van der Waals surface area contributed by atoms with E-state index in [1.807, 2.05) is 36.7 Å². The zero-order valence-electron chi connectivity index (χ0n) is 36.8. The fraction of sp³-hybridized carbons (Fsp3) is 0.348. The zero-order valence-corrected chi connectivity index (χ0v) is 36.8. The quantitative estimate of drug-likeness (QED) is 0.0805. The van der Waals surface area contributed by atoms with Gasteiger partial charge in [0.1, 0.15) is 0 Å². The average molecular weight is 889 g/mol. The summed E-state index contributed by atoms with van der Waals surface area (Å²) in [4.78, 5) is 52.6. The second-order valence-corrected chi connectivity index (χ2v) is 13.8. The Hall–Kier alpha value is -7.18. The summed E-state index contributed by atoms with van der Waals surface area (Å²) in [5.41, 5.74) is 6.21. The zero-order chi connectivity index (χ0) is 47.0. The van der Waals surface area contributed by atoms with Crippen LogP contribution in [0.25, 0.3) is 22.5 Å². The van der Waals surface area contributed by atoms with Crippen LogP contribution in [-0.2, 0) is 32.0 Å². The van der Waals surface area contributed by atoms with Crippen molar-refractivity contribution in [1.29, 1.82) is 0 Å². The highest BCUT2D eigenvalue weighted by Crippen LogP contribution is 2.42. The van der Waals surface area contributed by atoms with Gasteiger partial charge in [-0.2, -0.15) is 0 Å². The summed E-state index contributed by atoms with van der Waals surface area (Å²) in [5, 5.41) is 31.2. The van der Waals surface area contributed by atoms with Crippen molar-refractivity contribution in [3.63, 3.8) is 0 Å². The minimum absolute atomic E-state index is 0.558. The lowest BCUT2D eigenvalue weighted by Crippen LogP contribution is -2.46. The van der Waals surface area contributed by atoms with Gasteiger partial charge >= 0.3 is 23.9 Å². The molecule has 344 valence electrons. The van der Waals surface area contributed by atoms with Gasteiger partial charge in [-0.15, -0.1) is 0 Å². The lowest BCUT2D eigenvalue weighted by atomic mass is 10.0. The number of rotatable bonds is 20. The van der Waals surface area contributed by atoms with Crippen molar-refractivity contribution in [2.24, 2.45) is 0 Å². The van der Waals surface area contributed by atoms with Gasteiger partial charge in [-0.05, 0) is 98.4 Å². The second-order valence-electron chi connectivity index (χ2n) is 13.8. The fourth-order valence-electron chi connectivity index (χ4n) is 6.57. The van der Waals surface area contributed by atoms with Gasteiger partial charge in [0, 0.05) is 74.0 Å². The highest BCUT2D eigenvalue weighted by molar-refractivity contribution is 5.90. The molecule has 2 aromatic carbocycles. The molecular formula is C46H56N4O14. The van der Waals surface area contributed by atoms with Gasteiger partial charge < -0.3 is 58.6 Å². The third kappa shape index (κ3) is 16.9. The predicted molar refractivity (Wildman–Crippen MR) is 237 cm³/mol. The van der Waals surface area contributed by atoms with E-state index in [9.17, 15) is 19.2 Å². The van der Waals surface area contributed by atoms with E-state index >= 15 is 0 Å². The third-order valence-corrected chi connectivity index (χ3v) is 9.65. The van der Waals surface area contributed by atoms with Crippen molar-refractivity contribution in [3.8, 4) is 57.0 Å². The van der Waals surface area contributed by atoms with Gasteiger partial charge in [0.05, 0.1) is 54.0 Å². The van der Waals surface area contributed by atoms with E-state index in [4.69, 9.17) is 48.8 Å². The number of aromatic nitrogens is 2. The molecule has 0 aliphatic carbocycles. The summed E-state index contributed by atoms with van der Waals surface area (Å²) in [6, 6.07) is 16.3. The maximum Gasteiger partial charge on any atom is 0.328 e.